The number of carbonyl (C=O) groups excluding carboxylic acids is 1. The Hall–Kier alpha value is -1.88. The maximum absolute atomic E-state index is 12.1. The highest BCUT2D eigenvalue weighted by atomic mass is 16.4. The van der Waals surface area contributed by atoms with Gasteiger partial charge in [-0.05, 0) is 5.56 Å². The fourth-order valence-electron chi connectivity index (χ4n) is 1.84. The number of amides is 1. The van der Waals surface area contributed by atoms with E-state index in [-0.39, 0.29) is 30.8 Å². The van der Waals surface area contributed by atoms with Gasteiger partial charge in [-0.3, -0.25) is 9.59 Å². The van der Waals surface area contributed by atoms with E-state index in [9.17, 15) is 9.59 Å². The summed E-state index contributed by atoms with van der Waals surface area (Å²) >= 11 is 0. The number of carbonyl (C=O) groups is 2. The van der Waals surface area contributed by atoms with E-state index in [4.69, 9.17) is 10.8 Å². The lowest BCUT2D eigenvalue weighted by Gasteiger charge is -2.25. The minimum atomic E-state index is -0.917. The third-order valence-electron chi connectivity index (χ3n) is 3.15. The standard InChI is InChI=1S/C14H20N2O3/c1-10(13(15)11-6-4-3-5-7-11)14(19)16(2)9-8-12(17)18/h3-7,10,13H,8-9,15H2,1-2H3,(H,17,18). The van der Waals surface area contributed by atoms with Gasteiger partial charge in [-0.1, -0.05) is 37.3 Å². The van der Waals surface area contributed by atoms with E-state index in [2.05, 4.69) is 0 Å². The van der Waals surface area contributed by atoms with Gasteiger partial charge in [-0.2, -0.15) is 0 Å². The zero-order valence-corrected chi connectivity index (χ0v) is 11.2. The predicted molar refractivity (Wildman–Crippen MR) is 72.4 cm³/mol. The van der Waals surface area contributed by atoms with Crippen LogP contribution in [0.1, 0.15) is 24.9 Å². The van der Waals surface area contributed by atoms with Gasteiger partial charge in [0.05, 0.1) is 12.3 Å². The summed E-state index contributed by atoms with van der Waals surface area (Å²) in [5.74, 6) is -1.45. The number of carboxylic acids is 1. The second kappa shape index (κ2) is 6.89. The molecule has 1 aromatic carbocycles. The summed E-state index contributed by atoms with van der Waals surface area (Å²) in [6.45, 7) is 1.96. The van der Waals surface area contributed by atoms with Crippen molar-refractivity contribution in [2.45, 2.75) is 19.4 Å². The maximum atomic E-state index is 12.1. The molecule has 3 N–H and O–H groups in total. The van der Waals surface area contributed by atoms with Gasteiger partial charge < -0.3 is 15.7 Å². The number of rotatable bonds is 6. The molecular formula is C14H20N2O3. The molecule has 0 saturated heterocycles. The third kappa shape index (κ3) is 4.37. The minimum Gasteiger partial charge on any atom is -0.481 e. The average molecular weight is 264 g/mol. The SMILES string of the molecule is CC(C(=O)N(C)CCC(=O)O)C(N)c1ccccc1. The second-order valence-electron chi connectivity index (χ2n) is 4.63. The van der Waals surface area contributed by atoms with Gasteiger partial charge in [0.2, 0.25) is 5.91 Å². The van der Waals surface area contributed by atoms with E-state index in [0.717, 1.165) is 5.56 Å². The molecular weight excluding hydrogens is 244 g/mol. The van der Waals surface area contributed by atoms with Gasteiger partial charge in [0, 0.05) is 19.6 Å². The highest BCUT2D eigenvalue weighted by Crippen LogP contribution is 2.20. The Labute approximate surface area is 113 Å². The van der Waals surface area contributed by atoms with Crippen molar-refractivity contribution in [2.75, 3.05) is 13.6 Å². The van der Waals surface area contributed by atoms with E-state index in [0.29, 0.717) is 0 Å². The summed E-state index contributed by atoms with van der Waals surface area (Å²) in [4.78, 5) is 24.0. The minimum absolute atomic E-state index is 0.0600. The van der Waals surface area contributed by atoms with Crippen molar-refractivity contribution in [1.82, 2.24) is 4.90 Å². The molecule has 0 spiro atoms. The fraction of sp³-hybridized carbons (Fsp3) is 0.429. The summed E-state index contributed by atoms with van der Waals surface area (Å²) < 4.78 is 0. The maximum Gasteiger partial charge on any atom is 0.305 e. The first kappa shape index (κ1) is 15.2. The van der Waals surface area contributed by atoms with Crippen LogP contribution in [0, 0.1) is 5.92 Å². The third-order valence-corrected chi connectivity index (χ3v) is 3.15. The number of hydrogen-bond donors (Lipinski definition) is 2. The number of hydrogen-bond acceptors (Lipinski definition) is 3. The lowest BCUT2D eigenvalue weighted by Crippen LogP contribution is -2.38. The monoisotopic (exact) mass is 264 g/mol. The van der Waals surface area contributed by atoms with Crippen molar-refractivity contribution >= 4 is 11.9 Å². The number of carboxylic acid groups (broad SMARTS) is 1. The second-order valence-corrected chi connectivity index (χ2v) is 4.63. The summed E-state index contributed by atoms with van der Waals surface area (Å²) in [6.07, 6.45) is -0.0600. The highest BCUT2D eigenvalue weighted by molar-refractivity contribution is 5.79. The lowest BCUT2D eigenvalue weighted by molar-refractivity contribution is -0.139. The van der Waals surface area contributed by atoms with Crippen LogP contribution in [0.25, 0.3) is 0 Å². The van der Waals surface area contributed by atoms with Crippen LogP contribution < -0.4 is 5.73 Å². The molecule has 1 aromatic rings. The topological polar surface area (TPSA) is 83.6 Å². The van der Waals surface area contributed by atoms with E-state index in [1.54, 1.807) is 14.0 Å². The van der Waals surface area contributed by atoms with Crippen molar-refractivity contribution in [3.63, 3.8) is 0 Å². The molecule has 0 aliphatic rings. The molecule has 0 heterocycles. The van der Waals surface area contributed by atoms with Gasteiger partial charge in [0.1, 0.15) is 0 Å². The summed E-state index contributed by atoms with van der Waals surface area (Å²) in [5, 5.41) is 8.61. The number of benzene rings is 1. The Morgan fingerprint density at radius 3 is 2.42 bits per heavy atom. The fourth-order valence-corrected chi connectivity index (χ4v) is 1.84. The summed E-state index contributed by atoms with van der Waals surface area (Å²) in [6, 6.07) is 9.01. The van der Waals surface area contributed by atoms with E-state index in [1.807, 2.05) is 30.3 Å². The molecule has 104 valence electrons. The van der Waals surface area contributed by atoms with Crippen LogP contribution in [-0.4, -0.2) is 35.5 Å². The molecule has 0 aromatic heterocycles. The molecule has 0 radical (unpaired) electrons. The summed E-state index contributed by atoms with van der Waals surface area (Å²) in [5.41, 5.74) is 6.97. The molecule has 2 unspecified atom stereocenters. The van der Waals surface area contributed by atoms with E-state index < -0.39 is 5.97 Å². The molecule has 19 heavy (non-hydrogen) atoms. The van der Waals surface area contributed by atoms with Crippen LogP contribution in [0.4, 0.5) is 0 Å². The lowest BCUT2D eigenvalue weighted by atomic mass is 9.94. The Morgan fingerprint density at radius 2 is 1.89 bits per heavy atom. The van der Waals surface area contributed by atoms with Gasteiger partial charge in [-0.15, -0.1) is 0 Å². The van der Waals surface area contributed by atoms with Crippen molar-refractivity contribution < 1.29 is 14.7 Å². The normalized spacial score (nSPS) is 13.6. The van der Waals surface area contributed by atoms with Gasteiger partial charge in [-0.25, -0.2) is 0 Å². The molecule has 0 bridgehead atoms. The molecule has 1 amide bonds. The van der Waals surface area contributed by atoms with E-state index >= 15 is 0 Å². The number of nitrogens with two attached hydrogens (primary N) is 1. The molecule has 5 nitrogen and oxygen atoms in total. The first-order valence-corrected chi connectivity index (χ1v) is 6.20. The quantitative estimate of drug-likeness (QED) is 0.810. The Morgan fingerprint density at radius 1 is 1.32 bits per heavy atom. The van der Waals surface area contributed by atoms with Crippen LogP contribution in [0.2, 0.25) is 0 Å². The van der Waals surface area contributed by atoms with Gasteiger partial charge in [0.15, 0.2) is 0 Å². The first-order valence-electron chi connectivity index (χ1n) is 6.20. The van der Waals surface area contributed by atoms with E-state index in [1.165, 1.54) is 4.90 Å². The Bertz CT molecular complexity index is 434. The predicted octanol–water partition coefficient (Wildman–Crippen LogP) is 1.26. The molecule has 5 heteroatoms. The molecule has 0 saturated carbocycles. The van der Waals surface area contributed by atoms with Crippen molar-refractivity contribution in [3.05, 3.63) is 35.9 Å². The number of aliphatic carboxylic acids is 1. The van der Waals surface area contributed by atoms with Crippen LogP contribution in [-0.2, 0) is 9.59 Å². The Balaban J connectivity index is 2.63. The Kier molecular flexibility index (Phi) is 5.51. The largest absolute Gasteiger partial charge is 0.481 e. The number of nitrogens with zero attached hydrogens (tertiary/aromatic N) is 1. The van der Waals surface area contributed by atoms with Crippen LogP contribution in [0.5, 0.6) is 0 Å². The highest BCUT2D eigenvalue weighted by Gasteiger charge is 2.24. The summed E-state index contributed by atoms with van der Waals surface area (Å²) in [7, 11) is 1.60. The van der Waals surface area contributed by atoms with Gasteiger partial charge in [0.25, 0.3) is 0 Å². The first-order chi connectivity index (χ1) is 8.93. The average Bonchev–Trinajstić information content (AvgIpc) is 2.43. The zero-order valence-electron chi connectivity index (χ0n) is 11.2. The smallest absolute Gasteiger partial charge is 0.305 e. The molecule has 0 aliphatic heterocycles. The van der Waals surface area contributed by atoms with Gasteiger partial charge >= 0.3 is 5.97 Å². The van der Waals surface area contributed by atoms with Crippen LogP contribution in [0.3, 0.4) is 0 Å². The molecule has 1 rings (SSSR count). The molecule has 0 aliphatic carbocycles. The molecule has 2 atom stereocenters. The van der Waals surface area contributed by atoms with Crippen molar-refractivity contribution in [2.24, 2.45) is 11.7 Å². The van der Waals surface area contributed by atoms with Crippen LogP contribution >= 0.6 is 0 Å². The molecule has 0 fully saturated rings. The van der Waals surface area contributed by atoms with Crippen LogP contribution in [0.15, 0.2) is 30.3 Å². The van der Waals surface area contributed by atoms with Crippen molar-refractivity contribution in [3.8, 4) is 0 Å². The van der Waals surface area contributed by atoms with Crippen molar-refractivity contribution in [1.29, 1.82) is 0 Å². The zero-order chi connectivity index (χ0) is 14.4.